The number of benzene rings is 2. The molecule has 140 valence electrons. The van der Waals surface area contributed by atoms with Gasteiger partial charge in [-0.3, -0.25) is 5.32 Å². The van der Waals surface area contributed by atoms with E-state index in [0.717, 1.165) is 5.39 Å². The van der Waals surface area contributed by atoms with Gasteiger partial charge in [0.05, 0.1) is 24.4 Å². The van der Waals surface area contributed by atoms with E-state index in [-0.39, 0.29) is 6.10 Å². The van der Waals surface area contributed by atoms with Gasteiger partial charge >= 0.3 is 12.2 Å². The van der Waals surface area contributed by atoms with Crippen molar-refractivity contribution in [3.05, 3.63) is 48.5 Å². The molecule has 0 saturated carbocycles. The summed E-state index contributed by atoms with van der Waals surface area (Å²) in [6, 6.07) is 14.0. The number of fused-ring (bicyclic) bond motifs is 1. The molecule has 1 heterocycles. The second-order valence-corrected chi connectivity index (χ2v) is 6.23. The zero-order valence-electron chi connectivity index (χ0n) is 15.2. The number of methoxy groups -OCH3 is 1. The molecule has 0 spiro atoms. The minimum atomic E-state index is -1.09. The average molecular weight is 368 g/mol. The van der Waals surface area contributed by atoms with Crippen molar-refractivity contribution in [2.24, 2.45) is 0 Å². The predicted octanol–water partition coefficient (Wildman–Crippen LogP) is 4.80. The lowest BCUT2D eigenvalue weighted by atomic mass is 10.1. The van der Waals surface area contributed by atoms with Crippen molar-refractivity contribution in [3.63, 3.8) is 0 Å². The van der Waals surface area contributed by atoms with E-state index in [4.69, 9.17) is 9.47 Å². The van der Waals surface area contributed by atoms with Gasteiger partial charge in [-0.1, -0.05) is 12.1 Å². The summed E-state index contributed by atoms with van der Waals surface area (Å²) in [6.45, 7) is 3.53. The molecular weight excluding hydrogens is 348 g/mol. The van der Waals surface area contributed by atoms with Gasteiger partial charge in [0.25, 0.3) is 0 Å². The Morgan fingerprint density at radius 3 is 2.37 bits per heavy atom. The highest BCUT2D eigenvalue weighted by atomic mass is 16.6. The van der Waals surface area contributed by atoms with Gasteiger partial charge in [-0.25, -0.2) is 14.2 Å². The summed E-state index contributed by atoms with van der Waals surface area (Å²) in [7, 11) is 1.53. The summed E-state index contributed by atoms with van der Waals surface area (Å²) < 4.78 is 11.4. The van der Waals surface area contributed by atoms with Crippen LogP contribution in [-0.4, -0.2) is 35.1 Å². The molecule has 2 aromatic carbocycles. The van der Waals surface area contributed by atoms with Gasteiger partial charge in [0, 0.05) is 17.1 Å². The summed E-state index contributed by atoms with van der Waals surface area (Å²) in [6.07, 6.45) is -1.84. The quantitative estimate of drug-likeness (QED) is 0.690. The Hall–Kier alpha value is -3.48. The SMILES string of the molecule is COc1ccc2cc(-c3ccc(NC(=O)OC(C)C)cc3)n(C(=O)O)c2c1. The summed E-state index contributed by atoms with van der Waals surface area (Å²) in [5.41, 5.74) is 2.33. The zero-order valence-corrected chi connectivity index (χ0v) is 15.2. The molecule has 3 rings (SSSR count). The van der Waals surface area contributed by atoms with Gasteiger partial charge in [-0.05, 0) is 49.7 Å². The summed E-state index contributed by atoms with van der Waals surface area (Å²) in [5, 5.41) is 13.1. The molecule has 0 aliphatic heterocycles. The average Bonchev–Trinajstić information content (AvgIpc) is 3.00. The first-order valence-electron chi connectivity index (χ1n) is 8.40. The highest BCUT2D eigenvalue weighted by Crippen LogP contribution is 2.31. The summed E-state index contributed by atoms with van der Waals surface area (Å²) >= 11 is 0. The maximum absolute atomic E-state index is 11.8. The van der Waals surface area contributed by atoms with Crippen molar-refractivity contribution >= 4 is 28.8 Å². The molecule has 1 aromatic heterocycles. The van der Waals surface area contributed by atoms with E-state index in [1.54, 1.807) is 56.3 Å². The molecule has 0 saturated heterocycles. The number of ether oxygens (including phenoxy) is 2. The molecule has 27 heavy (non-hydrogen) atoms. The molecule has 0 aliphatic rings. The van der Waals surface area contributed by atoms with E-state index in [1.165, 1.54) is 11.7 Å². The largest absolute Gasteiger partial charge is 0.497 e. The highest BCUT2D eigenvalue weighted by molar-refractivity contribution is 5.96. The van der Waals surface area contributed by atoms with Crippen molar-refractivity contribution in [3.8, 4) is 17.0 Å². The first kappa shape index (κ1) is 18.3. The van der Waals surface area contributed by atoms with Gasteiger partial charge < -0.3 is 14.6 Å². The first-order valence-corrected chi connectivity index (χ1v) is 8.40. The third-order valence-electron chi connectivity index (χ3n) is 3.97. The number of hydrogen-bond donors (Lipinski definition) is 2. The van der Waals surface area contributed by atoms with Crippen LogP contribution in [0.1, 0.15) is 13.8 Å². The van der Waals surface area contributed by atoms with Crippen LogP contribution in [0, 0.1) is 0 Å². The van der Waals surface area contributed by atoms with Crippen LogP contribution < -0.4 is 10.1 Å². The van der Waals surface area contributed by atoms with Gasteiger partial charge in [0.15, 0.2) is 0 Å². The maximum Gasteiger partial charge on any atom is 0.416 e. The fourth-order valence-electron chi connectivity index (χ4n) is 2.81. The number of carbonyl (C=O) groups is 2. The number of amides is 1. The molecule has 2 N–H and O–H groups in total. The molecule has 0 bridgehead atoms. The number of aromatic nitrogens is 1. The van der Waals surface area contributed by atoms with Crippen LogP contribution in [0.15, 0.2) is 48.5 Å². The van der Waals surface area contributed by atoms with E-state index in [1.807, 2.05) is 6.07 Å². The summed E-state index contributed by atoms with van der Waals surface area (Å²) in [4.78, 5) is 23.5. The second-order valence-electron chi connectivity index (χ2n) is 6.23. The second kappa shape index (κ2) is 7.41. The Morgan fingerprint density at radius 2 is 1.78 bits per heavy atom. The van der Waals surface area contributed by atoms with Gasteiger partial charge in [-0.15, -0.1) is 0 Å². The number of rotatable bonds is 4. The lowest BCUT2D eigenvalue weighted by Crippen LogP contribution is -2.17. The summed E-state index contributed by atoms with van der Waals surface area (Å²) in [5.74, 6) is 0.581. The molecular formula is C20H20N2O5. The van der Waals surface area contributed by atoms with E-state index < -0.39 is 12.2 Å². The third kappa shape index (κ3) is 3.87. The number of nitrogens with zero attached hydrogens (tertiary/aromatic N) is 1. The molecule has 7 nitrogen and oxygen atoms in total. The zero-order chi connectivity index (χ0) is 19.6. The fraction of sp³-hybridized carbons (Fsp3) is 0.200. The highest BCUT2D eigenvalue weighted by Gasteiger charge is 2.16. The van der Waals surface area contributed by atoms with Crippen LogP contribution in [0.25, 0.3) is 22.2 Å². The van der Waals surface area contributed by atoms with Crippen molar-refractivity contribution in [2.45, 2.75) is 20.0 Å². The molecule has 0 aliphatic carbocycles. The van der Waals surface area contributed by atoms with Crippen molar-refractivity contribution in [2.75, 3.05) is 12.4 Å². The van der Waals surface area contributed by atoms with Crippen LogP contribution in [0.5, 0.6) is 5.75 Å². The number of nitrogens with one attached hydrogen (secondary N) is 1. The van der Waals surface area contributed by atoms with Crippen LogP contribution in [-0.2, 0) is 4.74 Å². The number of anilines is 1. The molecule has 1 amide bonds. The van der Waals surface area contributed by atoms with Crippen LogP contribution in [0.3, 0.4) is 0 Å². The Kier molecular flexibility index (Phi) is 5.03. The lowest BCUT2D eigenvalue weighted by Gasteiger charge is -2.10. The lowest BCUT2D eigenvalue weighted by molar-refractivity contribution is 0.130. The van der Waals surface area contributed by atoms with E-state index in [2.05, 4.69) is 5.32 Å². The van der Waals surface area contributed by atoms with Gasteiger partial charge in [-0.2, -0.15) is 0 Å². The number of carboxylic acid groups (broad SMARTS) is 1. The molecule has 3 aromatic rings. The van der Waals surface area contributed by atoms with Gasteiger partial charge in [0.2, 0.25) is 0 Å². The molecule has 7 heteroatoms. The first-order chi connectivity index (χ1) is 12.9. The Labute approximate surface area is 156 Å². The van der Waals surface area contributed by atoms with Crippen LogP contribution >= 0.6 is 0 Å². The molecule has 0 radical (unpaired) electrons. The predicted molar refractivity (Wildman–Crippen MR) is 103 cm³/mol. The molecule has 0 atom stereocenters. The standard InChI is InChI=1S/C20H20N2O5/c1-12(2)27-19(23)21-15-7-4-13(5-8-15)17-10-14-6-9-16(26-3)11-18(14)22(17)20(24)25/h4-12H,1-3H3,(H,21,23)(H,24,25). The smallest absolute Gasteiger partial charge is 0.416 e. The van der Waals surface area contributed by atoms with Crippen LogP contribution in [0.2, 0.25) is 0 Å². The van der Waals surface area contributed by atoms with E-state index in [9.17, 15) is 14.7 Å². The Bertz CT molecular complexity index is 990. The van der Waals surface area contributed by atoms with Crippen molar-refractivity contribution in [1.29, 1.82) is 0 Å². The van der Waals surface area contributed by atoms with Gasteiger partial charge in [0.1, 0.15) is 5.75 Å². The van der Waals surface area contributed by atoms with Crippen molar-refractivity contribution in [1.82, 2.24) is 4.57 Å². The monoisotopic (exact) mass is 368 g/mol. The number of hydrogen-bond acceptors (Lipinski definition) is 4. The number of carbonyl (C=O) groups excluding carboxylic acids is 1. The Morgan fingerprint density at radius 1 is 1.07 bits per heavy atom. The fourth-order valence-corrected chi connectivity index (χ4v) is 2.81. The van der Waals surface area contributed by atoms with E-state index in [0.29, 0.717) is 28.2 Å². The third-order valence-corrected chi connectivity index (χ3v) is 3.97. The Balaban J connectivity index is 1.96. The minimum Gasteiger partial charge on any atom is -0.497 e. The molecule has 0 fully saturated rings. The normalized spacial score (nSPS) is 10.8. The maximum atomic E-state index is 11.8. The van der Waals surface area contributed by atoms with E-state index >= 15 is 0 Å². The van der Waals surface area contributed by atoms with Crippen LogP contribution in [0.4, 0.5) is 15.3 Å². The topological polar surface area (TPSA) is 89.8 Å². The molecule has 0 unspecified atom stereocenters. The van der Waals surface area contributed by atoms with Crippen molar-refractivity contribution < 1.29 is 24.2 Å². The minimum absolute atomic E-state index is 0.215.